The predicted molar refractivity (Wildman–Crippen MR) is 95.6 cm³/mol. The smallest absolute Gasteiger partial charge is 0.339 e. The Labute approximate surface area is 147 Å². The van der Waals surface area contributed by atoms with Crippen molar-refractivity contribution < 1.29 is 15.0 Å². The average molecular weight is 361 g/mol. The number of carbonyl (C=O) groups is 1. The van der Waals surface area contributed by atoms with Gasteiger partial charge in [0.2, 0.25) is 0 Å². The minimum Gasteiger partial charge on any atom is -0.507 e. The summed E-state index contributed by atoms with van der Waals surface area (Å²) in [6, 6.07) is 9.99. The fourth-order valence-electron chi connectivity index (χ4n) is 2.18. The molecule has 0 fully saturated rings. The van der Waals surface area contributed by atoms with Crippen LogP contribution in [0.25, 0.3) is 11.3 Å². The number of hydrogen-bond donors (Lipinski definition) is 3. The van der Waals surface area contributed by atoms with E-state index in [0.29, 0.717) is 15.8 Å². The van der Waals surface area contributed by atoms with Crippen molar-refractivity contribution in [3.8, 4) is 17.0 Å². The number of carboxylic acid groups (broad SMARTS) is 1. The van der Waals surface area contributed by atoms with Gasteiger partial charge in [0, 0.05) is 27.7 Å². The third-order valence-corrected chi connectivity index (χ3v) is 4.62. The second kappa shape index (κ2) is 6.51. The molecule has 24 heavy (non-hydrogen) atoms. The normalized spacial score (nSPS) is 10.6. The monoisotopic (exact) mass is 360 g/mol. The first-order valence-corrected chi connectivity index (χ1v) is 8.25. The van der Waals surface area contributed by atoms with E-state index < -0.39 is 5.97 Å². The number of hydrogen-bond acceptors (Lipinski definition) is 5. The van der Waals surface area contributed by atoms with E-state index >= 15 is 0 Å². The van der Waals surface area contributed by atoms with Gasteiger partial charge in [-0.2, -0.15) is 0 Å². The number of aromatic carboxylic acids is 1. The molecule has 0 atom stereocenters. The van der Waals surface area contributed by atoms with E-state index in [1.807, 2.05) is 30.5 Å². The molecule has 0 aliphatic carbocycles. The molecular formula is C17H13ClN2O3S. The number of aromatic nitrogens is 1. The maximum absolute atomic E-state index is 10.9. The summed E-state index contributed by atoms with van der Waals surface area (Å²) in [5.41, 5.74) is 3.17. The van der Waals surface area contributed by atoms with Crippen LogP contribution in [0.2, 0.25) is 5.02 Å². The number of carboxylic acids is 1. The van der Waals surface area contributed by atoms with Crippen LogP contribution in [-0.2, 0) is 0 Å². The number of nitrogens with zero attached hydrogens (tertiary/aromatic N) is 1. The number of halogens is 1. The second-order valence-corrected chi connectivity index (χ2v) is 6.43. The van der Waals surface area contributed by atoms with Crippen molar-refractivity contribution in [3.63, 3.8) is 0 Å². The zero-order valence-corrected chi connectivity index (χ0v) is 14.1. The van der Waals surface area contributed by atoms with E-state index in [1.54, 1.807) is 6.07 Å². The largest absolute Gasteiger partial charge is 0.507 e. The van der Waals surface area contributed by atoms with E-state index in [2.05, 4.69) is 10.3 Å². The van der Waals surface area contributed by atoms with Crippen molar-refractivity contribution in [1.82, 2.24) is 4.98 Å². The maximum atomic E-state index is 10.9. The number of phenols is 1. The minimum absolute atomic E-state index is 0.142. The highest BCUT2D eigenvalue weighted by atomic mass is 35.5. The molecule has 2 aromatic carbocycles. The molecule has 0 unspecified atom stereocenters. The van der Waals surface area contributed by atoms with Gasteiger partial charge >= 0.3 is 5.97 Å². The third kappa shape index (κ3) is 3.34. The van der Waals surface area contributed by atoms with Gasteiger partial charge in [-0.1, -0.05) is 17.7 Å². The van der Waals surface area contributed by atoms with Crippen molar-refractivity contribution in [3.05, 3.63) is 57.9 Å². The van der Waals surface area contributed by atoms with Crippen molar-refractivity contribution in [2.75, 3.05) is 5.32 Å². The highest BCUT2D eigenvalue weighted by Crippen LogP contribution is 2.30. The first kappa shape index (κ1) is 16.3. The van der Waals surface area contributed by atoms with E-state index in [-0.39, 0.29) is 11.3 Å². The summed E-state index contributed by atoms with van der Waals surface area (Å²) in [6.07, 6.45) is 0. The highest BCUT2D eigenvalue weighted by molar-refractivity contribution is 7.14. The van der Waals surface area contributed by atoms with Gasteiger partial charge in [0.15, 0.2) is 5.13 Å². The Balaban J connectivity index is 1.82. The number of nitrogens with one attached hydrogen (secondary N) is 1. The van der Waals surface area contributed by atoms with Crippen molar-refractivity contribution in [1.29, 1.82) is 0 Å². The predicted octanol–water partition coefficient (Wildman–Crippen LogP) is 4.92. The highest BCUT2D eigenvalue weighted by Gasteiger charge is 2.11. The third-order valence-electron chi connectivity index (χ3n) is 3.44. The number of benzene rings is 2. The van der Waals surface area contributed by atoms with Gasteiger partial charge in [0.05, 0.1) is 5.69 Å². The second-order valence-electron chi connectivity index (χ2n) is 5.16. The van der Waals surface area contributed by atoms with Gasteiger partial charge in [0.1, 0.15) is 11.3 Å². The average Bonchev–Trinajstić information content (AvgIpc) is 2.98. The Bertz CT molecular complexity index is 924. The summed E-state index contributed by atoms with van der Waals surface area (Å²) in [4.78, 5) is 15.4. The van der Waals surface area contributed by atoms with Crippen LogP contribution in [-0.4, -0.2) is 21.2 Å². The Morgan fingerprint density at radius 1 is 1.25 bits per heavy atom. The van der Waals surface area contributed by atoms with Crippen LogP contribution in [0.3, 0.4) is 0 Å². The van der Waals surface area contributed by atoms with Gasteiger partial charge in [-0.25, -0.2) is 9.78 Å². The zero-order valence-electron chi connectivity index (χ0n) is 12.6. The Morgan fingerprint density at radius 2 is 2.04 bits per heavy atom. The molecule has 1 heterocycles. The standard InChI is InChI=1S/C17H13ClN2O3S/c1-9-6-10(2-5-13(9)18)14-8-24-17(20-14)19-11-3-4-12(16(22)23)15(21)7-11/h2-8,21H,1H3,(H,19,20)(H,22,23). The van der Waals surface area contributed by atoms with Gasteiger partial charge in [-0.3, -0.25) is 0 Å². The molecule has 5 nitrogen and oxygen atoms in total. The van der Waals surface area contributed by atoms with Gasteiger partial charge < -0.3 is 15.5 Å². The molecule has 1 aromatic heterocycles. The van der Waals surface area contributed by atoms with Crippen LogP contribution in [0, 0.1) is 6.92 Å². The Hall–Kier alpha value is -2.57. The lowest BCUT2D eigenvalue weighted by Gasteiger charge is -2.05. The van der Waals surface area contributed by atoms with Crippen LogP contribution in [0.1, 0.15) is 15.9 Å². The molecule has 7 heteroatoms. The molecule has 0 amide bonds. The fourth-order valence-corrected chi connectivity index (χ4v) is 3.04. The first-order valence-electron chi connectivity index (χ1n) is 6.99. The molecule has 3 rings (SSSR count). The molecule has 122 valence electrons. The van der Waals surface area contributed by atoms with Crippen LogP contribution in [0.4, 0.5) is 10.8 Å². The number of anilines is 2. The van der Waals surface area contributed by atoms with E-state index in [4.69, 9.17) is 16.7 Å². The molecule has 3 aromatic rings. The Morgan fingerprint density at radius 3 is 2.71 bits per heavy atom. The zero-order chi connectivity index (χ0) is 17.3. The lowest BCUT2D eigenvalue weighted by Crippen LogP contribution is -1.97. The molecule has 0 aliphatic heterocycles. The number of thiazole rings is 1. The van der Waals surface area contributed by atoms with E-state index in [9.17, 15) is 9.90 Å². The number of aromatic hydroxyl groups is 1. The van der Waals surface area contributed by atoms with E-state index in [1.165, 1.54) is 23.5 Å². The summed E-state index contributed by atoms with van der Waals surface area (Å²) >= 11 is 7.45. The molecule has 0 saturated carbocycles. The molecule has 3 N–H and O–H groups in total. The first-order chi connectivity index (χ1) is 11.4. The molecule has 0 radical (unpaired) electrons. The van der Waals surface area contributed by atoms with Crippen LogP contribution in [0.5, 0.6) is 5.75 Å². The molecule has 0 saturated heterocycles. The lowest BCUT2D eigenvalue weighted by molar-refractivity contribution is 0.0694. The number of rotatable bonds is 4. The summed E-state index contributed by atoms with van der Waals surface area (Å²) < 4.78 is 0. The SMILES string of the molecule is Cc1cc(-c2csc(Nc3ccc(C(=O)O)c(O)c3)n2)ccc1Cl. The quantitative estimate of drug-likeness (QED) is 0.615. The van der Waals surface area contributed by atoms with Gasteiger partial charge in [0.25, 0.3) is 0 Å². The summed E-state index contributed by atoms with van der Waals surface area (Å²) in [6.45, 7) is 1.93. The maximum Gasteiger partial charge on any atom is 0.339 e. The summed E-state index contributed by atoms with van der Waals surface area (Å²) in [7, 11) is 0. The molecule has 0 aliphatic rings. The van der Waals surface area contributed by atoms with E-state index in [0.717, 1.165) is 16.8 Å². The molecule has 0 bridgehead atoms. The van der Waals surface area contributed by atoms with Crippen LogP contribution in [0.15, 0.2) is 41.8 Å². The number of aryl methyl sites for hydroxylation is 1. The van der Waals surface area contributed by atoms with Crippen molar-refractivity contribution in [2.45, 2.75) is 6.92 Å². The van der Waals surface area contributed by atoms with Crippen molar-refractivity contribution in [2.24, 2.45) is 0 Å². The van der Waals surface area contributed by atoms with Gasteiger partial charge in [-0.05, 0) is 36.8 Å². The topological polar surface area (TPSA) is 82.5 Å². The molecular weight excluding hydrogens is 348 g/mol. The summed E-state index contributed by atoms with van der Waals surface area (Å²) in [5.74, 6) is -1.47. The minimum atomic E-state index is -1.17. The fraction of sp³-hybridized carbons (Fsp3) is 0.0588. The summed E-state index contributed by atoms with van der Waals surface area (Å²) in [5, 5.41) is 25.0. The molecule has 0 spiro atoms. The van der Waals surface area contributed by atoms with Crippen molar-refractivity contribution >= 4 is 39.7 Å². The van der Waals surface area contributed by atoms with Crippen LogP contribution >= 0.6 is 22.9 Å². The van der Waals surface area contributed by atoms with Crippen LogP contribution < -0.4 is 5.32 Å². The lowest BCUT2D eigenvalue weighted by atomic mass is 10.1. The van der Waals surface area contributed by atoms with Gasteiger partial charge in [-0.15, -0.1) is 11.3 Å². The Kier molecular flexibility index (Phi) is 4.42.